The number of nitrogens with two attached hydrogens (primary N) is 1. The summed E-state index contributed by atoms with van der Waals surface area (Å²) in [4.78, 5) is 12.0. The van der Waals surface area contributed by atoms with Crippen molar-refractivity contribution in [2.75, 3.05) is 5.32 Å². The van der Waals surface area contributed by atoms with E-state index >= 15 is 0 Å². The number of nitrogens with one attached hydrogen (secondary N) is 1. The summed E-state index contributed by atoms with van der Waals surface area (Å²) in [5.41, 5.74) is 7.75. The molecule has 0 fully saturated rings. The molecule has 0 bridgehead atoms. The SMILES string of the molecule is N[C@@H](CCc1ccccc1)C(=O)Nc1cccc(Cl)c1. The summed E-state index contributed by atoms with van der Waals surface area (Å²) in [7, 11) is 0. The topological polar surface area (TPSA) is 55.1 Å². The van der Waals surface area contributed by atoms with E-state index in [-0.39, 0.29) is 5.91 Å². The molecule has 2 rings (SSSR count). The van der Waals surface area contributed by atoms with E-state index in [1.54, 1.807) is 24.3 Å². The normalized spacial score (nSPS) is 11.9. The van der Waals surface area contributed by atoms with Crippen molar-refractivity contribution in [2.24, 2.45) is 5.73 Å². The molecule has 0 radical (unpaired) electrons. The predicted molar refractivity (Wildman–Crippen MR) is 82.8 cm³/mol. The van der Waals surface area contributed by atoms with E-state index in [1.807, 2.05) is 30.3 Å². The van der Waals surface area contributed by atoms with Crippen LogP contribution in [0, 0.1) is 0 Å². The summed E-state index contributed by atoms with van der Waals surface area (Å²) < 4.78 is 0. The van der Waals surface area contributed by atoms with Crippen LogP contribution in [0.4, 0.5) is 5.69 Å². The van der Waals surface area contributed by atoms with Gasteiger partial charge in [-0.05, 0) is 36.6 Å². The van der Waals surface area contributed by atoms with Gasteiger partial charge in [0.1, 0.15) is 0 Å². The Balaban J connectivity index is 1.86. The highest BCUT2D eigenvalue weighted by Crippen LogP contribution is 2.15. The lowest BCUT2D eigenvalue weighted by Crippen LogP contribution is -2.36. The van der Waals surface area contributed by atoms with Crippen LogP contribution in [-0.4, -0.2) is 11.9 Å². The van der Waals surface area contributed by atoms with Gasteiger partial charge in [-0.1, -0.05) is 48.0 Å². The zero-order chi connectivity index (χ0) is 14.4. The van der Waals surface area contributed by atoms with Gasteiger partial charge >= 0.3 is 0 Å². The van der Waals surface area contributed by atoms with E-state index in [0.29, 0.717) is 17.1 Å². The molecular formula is C16H17ClN2O. The quantitative estimate of drug-likeness (QED) is 0.887. The Morgan fingerprint density at radius 3 is 2.60 bits per heavy atom. The monoisotopic (exact) mass is 288 g/mol. The second-order valence-electron chi connectivity index (χ2n) is 4.63. The minimum absolute atomic E-state index is 0.191. The van der Waals surface area contributed by atoms with Gasteiger partial charge in [0.15, 0.2) is 0 Å². The minimum Gasteiger partial charge on any atom is -0.325 e. The summed E-state index contributed by atoms with van der Waals surface area (Å²) in [6, 6.07) is 16.5. The number of anilines is 1. The molecule has 2 aromatic carbocycles. The summed E-state index contributed by atoms with van der Waals surface area (Å²) in [5, 5.41) is 3.35. The average molecular weight is 289 g/mol. The molecule has 0 unspecified atom stereocenters. The lowest BCUT2D eigenvalue weighted by molar-refractivity contribution is -0.117. The Hall–Kier alpha value is -1.84. The maximum atomic E-state index is 12.0. The number of hydrogen-bond acceptors (Lipinski definition) is 2. The number of aryl methyl sites for hydroxylation is 1. The molecule has 0 heterocycles. The highest BCUT2D eigenvalue weighted by molar-refractivity contribution is 6.30. The van der Waals surface area contributed by atoms with E-state index in [0.717, 1.165) is 6.42 Å². The molecule has 0 saturated heterocycles. The zero-order valence-electron chi connectivity index (χ0n) is 11.1. The third kappa shape index (κ3) is 4.37. The first-order chi connectivity index (χ1) is 9.65. The molecule has 0 aromatic heterocycles. The second-order valence-corrected chi connectivity index (χ2v) is 5.07. The lowest BCUT2D eigenvalue weighted by Gasteiger charge is -2.12. The Bertz CT molecular complexity index is 572. The first kappa shape index (κ1) is 14.6. The van der Waals surface area contributed by atoms with Gasteiger partial charge in [-0.15, -0.1) is 0 Å². The van der Waals surface area contributed by atoms with E-state index in [1.165, 1.54) is 5.56 Å². The van der Waals surface area contributed by atoms with Crippen LogP contribution >= 0.6 is 11.6 Å². The van der Waals surface area contributed by atoms with Crippen LogP contribution in [0.1, 0.15) is 12.0 Å². The van der Waals surface area contributed by atoms with Crippen LogP contribution in [0.3, 0.4) is 0 Å². The average Bonchev–Trinajstić information content (AvgIpc) is 2.46. The van der Waals surface area contributed by atoms with Crippen molar-refractivity contribution in [1.82, 2.24) is 0 Å². The van der Waals surface area contributed by atoms with E-state index < -0.39 is 6.04 Å². The Kier molecular flexibility index (Phi) is 5.16. The zero-order valence-corrected chi connectivity index (χ0v) is 11.8. The van der Waals surface area contributed by atoms with Gasteiger partial charge in [0.25, 0.3) is 0 Å². The fourth-order valence-corrected chi connectivity index (χ4v) is 2.09. The molecule has 3 N–H and O–H groups in total. The second kappa shape index (κ2) is 7.08. The van der Waals surface area contributed by atoms with Gasteiger partial charge < -0.3 is 11.1 Å². The van der Waals surface area contributed by atoms with Crippen LogP contribution < -0.4 is 11.1 Å². The van der Waals surface area contributed by atoms with Crippen LogP contribution in [-0.2, 0) is 11.2 Å². The molecular weight excluding hydrogens is 272 g/mol. The molecule has 0 saturated carbocycles. The summed E-state index contributed by atoms with van der Waals surface area (Å²) >= 11 is 5.87. The van der Waals surface area contributed by atoms with E-state index in [4.69, 9.17) is 17.3 Å². The largest absolute Gasteiger partial charge is 0.325 e. The maximum absolute atomic E-state index is 12.0. The molecule has 3 nitrogen and oxygen atoms in total. The first-order valence-electron chi connectivity index (χ1n) is 6.51. The highest BCUT2D eigenvalue weighted by Gasteiger charge is 2.13. The van der Waals surface area contributed by atoms with Crippen molar-refractivity contribution in [3.63, 3.8) is 0 Å². The molecule has 1 atom stereocenters. The van der Waals surface area contributed by atoms with Crippen molar-refractivity contribution in [2.45, 2.75) is 18.9 Å². The van der Waals surface area contributed by atoms with Gasteiger partial charge in [0.2, 0.25) is 5.91 Å². The minimum atomic E-state index is -0.533. The smallest absolute Gasteiger partial charge is 0.241 e. The first-order valence-corrected chi connectivity index (χ1v) is 6.89. The van der Waals surface area contributed by atoms with Crippen molar-refractivity contribution < 1.29 is 4.79 Å². The summed E-state index contributed by atoms with van der Waals surface area (Å²) in [6.07, 6.45) is 1.39. The number of hydrogen-bond donors (Lipinski definition) is 2. The molecule has 1 amide bonds. The molecule has 104 valence electrons. The van der Waals surface area contributed by atoms with Gasteiger partial charge in [-0.25, -0.2) is 0 Å². The van der Waals surface area contributed by atoms with Gasteiger partial charge in [-0.2, -0.15) is 0 Å². The van der Waals surface area contributed by atoms with E-state index in [9.17, 15) is 4.79 Å². The Labute approximate surface area is 123 Å². The van der Waals surface area contributed by atoms with Crippen molar-refractivity contribution in [1.29, 1.82) is 0 Å². The fourth-order valence-electron chi connectivity index (χ4n) is 1.90. The van der Waals surface area contributed by atoms with Crippen LogP contribution in [0.5, 0.6) is 0 Å². The number of carbonyl (C=O) groups excluding carboxylic acids is 1. The maximum Gasteiger partial charge on any atom is 0.241 e. The van der Waals surface area contributed by atoms with Crippen LogP contribution in [0.15, 0.2) is 54.6 Å². The molecule has 20 heavy (non-hydrogen) atoms. The lowest BCUT2D eigenvalue weighted by atomic mass is 10.1. The van der Waals surface area contributed by atoms with Gasteiger partial charge in [0.05, 0.1) is 6.04 Å². The molecule has 0 aliphatic heterocycles. The molecule has 4 heteroatoms. The number of benzene rings is 2. The molecule has 0 spiro atoms. The molecule has 2 aromatic rings. The standard InChI is InChI=1S/C16H17ClN2O/c17-13-7-4-8-14(11-13)19-16(20)15(18)10-9-12-5-2-1-3-6-12/h1-8,11,15H,9-10,18H2,(H,19,20)/t15-/m0/s1. The number of amides is 1. The van der Waals surface area contributed by atoms with Gasteiger partial charge in [-0.3, -0.25) is 4.79 Å². The Morgan fingerprint density at radius 1 is 1.15 bits per heavy atom. The number of carbonyl (C=O) groups is 1. The van der Waals surface area contributed by atoms with Crippen LogP contribution in [0.2, 0.25) is 5.02 Å². The fraction of sp³-hybridized carbons (Fsp3) is 0.188. The molecule has 0 aliphatic carbocycles. The van der Waals surface area contributed by atoms with Crippen molar-refractivity contribution >= 4 is 23.2 Å². The van der Waals surface area contributed by atoms with Crippen LogP contribution in [0.25, 0.3) is 0 Å². The number of halogens is 1. The predicted octanol–water partition coefficient (Wildman–Crippen LogP) is 3.24. The molecule has 0 aliphatic rings. The number of rotatable bonds is 5. The van der Waals surface area contributed by atoms with Gasteiger partial charge in [0, 0.05) is 10.7 Å². The Morgan fingerprint density at radius 2 is 1.90 bits per heavy atom. The summed E-state index contributed by atoms with van der Waals surface area (Å²) in [6.45, 7) is 0. The van der Waals surface area contributed by atoms with E-state index in [2.05, 4.69) is 5.32 Å². The third-order valence-corrected chi connectivity index (χ3v) is 3.25. The highest BCUT2D eigenvalue weighted by atomic mass is 35.5. The van der Waals surface area contributed by atoms with Crippen molar-refractivity contribution in [3.8, 4) is 0 Å². The van der Waals surface area contributed by atoms with Crippen molar-refractivity contribution in [3.05, 3.63) is 65.2 Å². The third-order valence-electron chi connectivity index (χ3n) is 3.02. The summed E-state index contributed by atoms with van der Waals surface area (Å²) in [5.74, 6) is -0.191.